The van der Waals surface area contributed by atoms with Gasteiger partial charge in [-0.2, -0.15) is 0 Å². The van der Waals surface area contributed by atoms with Gasteiger partial charge in [0, 0.05) is 0 Å². The molecule has 1 atom stereocenters. The summed E-state index contributed by atoms with van der Waals surface area (Å²) in [6.45, 7) is 4.53. The zero-order valence-electron chi connectivity index (χ0n) is 8.91. The van der Waals surface area contributed by atoms with Crippen molar-refractivity contribution >= 4 is 0 Å². The van der Waals surface area contributed by atoms with Crippen molar-refractivity contribution in [3.63, 3.8) is 0 Å². The first-order chi connectivity index (χ1) is 6.18. The Morgan fingerprint density at radius 3 is 2.79 bits per heavy atom. The van der Waals surface area contributed by atoms with Crippen LogP contribution in [0.3, 0.4) is 0 Å². The van der Waals surface area contributed by atoms with E-state index in [0.29, 0.717) is 5.92 Å². The Hall–Kier alpha value is 0.785. The van der Waals surface area contributed by atoms with E-state index in [9.17, 15) is 5.11 Å². The monoisotopic (exact) mass is 262 g/mol. The predicted molar refractivity (Wildman–Crippen MR) is 48.8 cm³/mol. The predicted octanol–water partition coefficient (Wildman–Crippen LogP) is -1.39. The van der Waals surface area contributed by atoms with Crippen LogP contribution in [0.5, 0.6) is 5.75 Å². The van der Waals surface area contributed by atoms with Crippen molar-refractivity contribution in [2.45, 2.75) is 25.9 Å². The molecule has 0 saturated heterocycles. The largest absolute Gasteiger partial charge is 1.00 e. The van der Waals surface area contributed by atoms with E-state index in [-0.39, 0.29) is 64.8 Å². The van der Waals surface area contributed by atoms with Crippen LogP contribution < -0.4 is 68.0 Å². The Morgan fingerprint density at radius 1 is 1.43 bits per heavy atom. The molecule has 14 heavy (non-hydrogen) atoms. The van der Waals surface area contributed by atoms with Crippen LogP contribution in [0, 0.1) is 0 Å². The standard InChI is InChI=1S/C11H13O2.Rb/c1-7(2)8-3-4-11-9(5-8)10(12)6-13-11;/h3-5,7,10H,6H2,1-2H3;/q-1;+1. The number of rotatable bonds is 1. The van der Waals surface area contributed by atoms with Crippen LogP contribution in [0.25, 0.3) is 0 Å². The maximum absolute atomic E-state index is 11.4. The van der Waals surface area contributed by atoms with Crippen molar-refractivity contribution in [3.05, 3.63) is 29.3 Å². The summed E-state index contributed by atoms with van der Waals surface area (Å²) in [5, 5.41) is 11.4. The fourth-order valence-electron chi connectivity index (χ4n) is 1.56. The van der Waals surface area contributed by atoms with Crippen molar-refractivity contribution in [2.75, 3.05) is 6.61 Å². The molecule has 0 fully saturated rings. The van der Waals surface area contributed by atoms with Crippen LogP contribution >= 0.6 is 0 Å². The van der Waals surface area contributed by atoms with Gasteiger partial charge in [-0.1, -0.05) is 32.1 Å². The van der Waals surface area contributed by atoms with Gasteiger partial charge in [0.25, 0.3) is 0 Å². The molecule has 0 radical (unpaired) electrons. The van der Waals surface area contributed by atoms with E-state index in [1.807, 2.05) is 18.2 Å². The number of ether oxygens (including phenoxy) is 1. The molecule has 0 N–H and O–H groups in total. The van der Waals surface area contributed by atoms with E-state index < -0.39 is 6.10 Å². The molecule has 1 unspecified atom stereocenters. The van der Waals surface area contributed by atoms with Gasteiger partial charge in [0.15, 0.2) is 0 Å². The van der Waals surface area contributed by atoms with Crippen molar-refractivity contribution in [3.8, 4) is 5.75 Å². The molecule has 1 aromatic carbocycles. The topological polar surface area (TPSA) is 32.3 Å². The van der Waals surface area contributed by atoms with Crippen LogP contribution in [-0.4, -0.2) is 6.61 Å². The fraction of sp³-hybridized carbons (Fsp3) is 0.455. The first-order valence-electron chi connectivity index (χ1n) is 4.61. The zero-order valence-corrected chi connectivity index (χ0v) is 13.8. The van der Waals surface area contributed by atoms with Crippen LogP contribution in [-0.2, 0) is 0 Å². The summed E-state index contributed by atoms with van der Waals surface area (Å²) in [6, 6.07) is 5.91. The molecule has 70 valence electrons. The summed E-state index contributed by atoms with van der Waals surface area (Å²) >= 11 is 0. The first kappa shape index (κ1) is 12.9. The van der Waals surface area contributed by atoms with Crippen LogP contribution in [0.15, 0.2) is 18.2 Å². The fourth-order valence-corrected chi connectivity index (χ4v) is 1.56. The first-order valence-corrected chi connectivity index (χ1v) is 4.61. The van der Waals surface area contributed by atoms with Crippen molar-refractivity contribution in [1.82, 2.24) is 0 Å². The van der Waals surface area contributed by atoms with Gasteiger partial charge in [0.05, 0.1) is 6.61 Å². The number of benzene rings is 1. The minimum atomic E-state index is -0.686. The van der Waals surface area contributed by atoms with E-state index in [4.69, 9.17) is 4.74 Å². The maximum atomic E-state index is 11.4. The van der Waals surface area contributed by atoms with Crippen LogP contribution in [0.4, 0.5) is 0 Å². The van der Waals surface area contributed by atoms with Gasteiger partial charge in [0.1, 0.15) is 5.75 Å². The molecule has 2 nitrogen and oxygen atoms in total. The van der Waals surface area contributed by atoms with Crippen LogP contribution in [0.2, 0.25) is 0 Å². The SMILES string of the molecule is CC(C)c1ccc2c(c1)C([O-])CO2.[Rb+]. The van der Waals surface area contributed by atoms with Gasteiger partial charge in [-0.3, -0.25) is 0 Å². The van der Waals surface area contributed by atoms with Gasteiger partial charge in [-0.05, 0) is 23.1 Å². The summed E-state index contributed by atoms with van der Waals surface area (Å²) in [7, 11) is 0. The molecule has 0 amide bonds. The molecule has 0 bridgehead atoms. The molecule has 0 aliphatic carbocycles. The third-order valence-corrected chi connectivity index (χ3v) is 2.44. The molecule has 0 spiro atoms. The van der Waals surface area contributed by atoms with Gasteiger partial charge in [-0.15, -0.1) is 0 Å². The van der Waals surface area contributed by atoms with E-state index in [2.05, 4.69) is 13.8 Å². The zero-order chi connectivity index (χ0) is 9.42. The van der Waals surface area contributed by atoms with E-state index >= 15 is 0 Å². The Bertz CT molecular complexity index is 323. The molecule has 0 aromatic heterocycles. The summed E-state index contributed by atoms with van der Waals surface area (Å²) < 4.78 is 5.23. The minimum absolute atomic E-state index is 0. The molecule has 0 saturated carbocycles. The van der Waals surface area contributed by atoms with Crippen molar-refractivity contribution in [2.24, 2.45) is 0 Å². The van der Waals surface area contributed by atoms with Crippen molar-refractivity contribution < 1.29 is 68.0 Å². The Labute approximate surface area is 133 Å². The maximum Gasteiger partial charge on any atom is 1.00 e. The average Bonchev–Trinajstić information content (AvgIpc) is 2.47. The summed E-state index contributed by atoms with van der Waals surface area (Å²) in [4.78, 5) is 0. The average molecular weight is 263 g/mol. The molecule has 1 aromatic rings. The van der Waals surface area contributed by atoms with Crippen LogP contribution in [0.1, 0.15) is 37.0 Å². The van der Waals surface area contributed by atoms with Gasteiger partial charge in [0.2, 0.25) is 0 Å². The second kappa shape index (κ2) is 5.22. The molecule has 2 rings (SSSR count). The second-order valence-electron chi connectivity index (χ2n) is 3.75. The second-order valence-corrected chi connectivity index (χ2v) is 3.75. The van der Waals surface area contributed by atoms with E-state index in [1.165, 1.54) is 5.56 Å². The third-order valence-electron chi connectivity index (χ3n) is 2.44. The summed E-state index contributed by atoms with van der Waals surface area (Å²) in [6.07, 6.45) is -0.686. The van der Waals surface area contributed by atoms with E-state index in [0.717, 1.165) is 11.3 Å². The normalized spacial score (nSPS) is 18.7. The quantitative estimate of drug-likeness (QED) is 0.624. The third kappa shape index (κ3) is 2.48. The van der Waals surface area contributed by atoms with Gasteiger partial charge in [-0.25, -0.2) is 0 Å². The Balaban J connectivity index is 0.000000980. The molecule has 3 heteroatoms. The minimum Gasteiger partial charge on any atom is -0.846 e. The van der Waals surface area contributed by atoms with Gasteiger partial charge < -0.3 is 9.84 Å². The Morgan fingerprint density at radius 2 is 2.14 bits per heavy atom. The number of fused-ring (bicyclic) bond motifs is 1. The molecule has 1 aliphatic heterocycles. The Kier molecular flexibility index (Phi) is 4.79. The summed E-state index contributed by atoms with van der Waals surface area (Å²) in [5.74, 6) is 1.24. The summed E-state index contributed by atoms with van der Waals surface area (Å²) in [5.41, 5.74) is 2.04. The molecule has 1 heterocycles. The smallest absolute Gasteiger partial charge is 0.846 e. The number of hydrogen-bond acceptors (Lipinski definition) is 2. The number of hydrogen-bond donors (Lipinski definition) is 0. The molecule has 1 aliphatic rings. The van der Waals surface area contributed by atoms with Crippen molar-refractivity contribution in [1.29, 1.82) is 0 Å². The molecular weight excluding hydrogens is 250 g/mol. The van der Waals surface area contributed by atoms with Gasteiger partial charge >= 0.3 is 58.2 Å². The van der Waals surface area contributed by atoms with E-state index in [1.54, 1.807) is 0 Å². The molecular formula is C11H13O2Rb.